The predicted octanol–water partition coefficient (Wildman–Crippen LogP) is 3.19. The van der Waals surface area contributed by atoms with Crippen LogP contribution in [0.2, 0.25) is 5.02 Å². The minimum absolute atomic E-state index is 0.176. The molecule has 1 N–H and O–H groups in total. The van der Waals surface area contributed by atoms with Gasteiger partial charge >= 0.3 is 0 Å². The Hall–Kier alpha value is -1.11. The average molecular weight is 373 g/mol. The third kappa shape index (κ3) is 4.71. The van der Waals surface area contributed by atoms with Crippen molar-refractivity contribution >= 4 is 27.5 Å². The molecule has 1 fully saturated rings. The van der Waals surface area contributed by atoms with Crippen molar-refractivity contribution in [1.82, 2.24) is 9.62 Å². The van der Waals surface area contributed by atoms with Crippen LogP contribution in [0.1, 0.15) is 45.4 Å². The molecule has 1 heterocycles. The highest BCUT2D eigenvalue weighted by molar-refractivity contribution is 7.89. The molecule has 0 unspecified atom stereocenters. The smallest absolute Gasteiger partial charge is 0.243 e. The molecule has 0 bridgehead atoms. The van der Waals surface area contributed by atoms with E-state index in [9.17, 15) is 13.2 Å². The molecule has 1 aliphatic heterocycles. The molecule has 0 spiro atoms. The highest BCUT2D eigenvalue weighted by Crippen LogP contribution is 2.27. The van der Waals surface area contributed by atoms with Gasteiger partial charge in [0.25, 0.3) is 0 Å². The Morgan fingerprint density at radius 2 is 1.96 bits per heavy atom. The molecule has 24 heavy (non-hydrogen) atoms. The zero-order valence-corrected chi connectivity index (χ0v) is 15.6. The van der Waals surface area contributed by atoms with Gasteiger partial charge in [0.15, 0.2) is 0 Å². The number of carbonyl (C=O) groups excluding carboxylic acids is 1. The fourth-order valence-corrected chi connectivity index (χ4v) is 4.70. The van der Waals surface area contributed by atoms with Crippen molar-refractivity contribution in [1.29, 1.82) is 0 Å². The first kappa shape index (κ1) is 19.2. The largest absolute Gasteiger partial charge is 0.355 e. The van der Waals surface area contributed by atoms with Crippen LogP contribution in [0.4, 0.5) is 0 Å². The van der Waals surface area contributed by atoms with E-state index in [4.69, 9.17) is 11.6 Å². The summed E-state index contributed by atoms with van der Waals surface area (Å²) in [5, 5.41) is 3.36. The van der Waals surface area contributed by atoms with E-state index in [2.05, 4.69) is 12.2 Å². The summed E-state index contributed by atoms with van der Waals surface area (Å²) in [6, 6.07) is 5.45. The second-order valence-corrected chi connectivity index (χ2v) is 8.41. The zero-order valence-electron chi connectivity index (χ0n) is 14.0. The van der Waals surface area contributed by atoms with Crippen LogP contribution in [0.3, 0.4) is 0 Å². The molecule has 1 amide bonds. The fraction of sp³-hybridized carbons (Fsp3) is 0.588. The van der Waals surface area contributed by atoms with Crippen molar-refractivity contribution in [3.8, 4) is 0 Å². The van der Waals surface area contributed by atoms with E-state index < -0.39 is 16.1 Å². The summed E-state index contributed by atoms with van der Waals surface area (Å²) in [6.07, 6.45) is 5.55. The maximum absolute atomic E-state index is 12.8. The summed E-state index contributed by atoms with van der Waals surface area (Å²) in [7, 11) is -3.68. The summed E-state index contributed by atoms with van der Waals surface area (Å²) < 4.78 is 26.9. The molecule has 0 aromatic heterocycles. The normalized spacial score (nSPS) is 18.7. The van der Waals surface area contributed by atoms with Gasteiger partial charge in [-0.05, 0) is 43.5 Å². The molecule has 1 atom stereocenters. The molecule has 0 radical (unpaired) electrons. The number of nitrogens with one attached hydrogen (secondary N) is 1. The van der Waals surface area contributed by atoms with Crippen LogP contribution in [0.5, 0.6) is 0 Å². The first-order valence-corrected chi connectivity index (χ1v) is 10.3. The molecule has 0 saturated carbocycles. The number of unbranched alkanes of at least 4 members (excludes halogenated alkanes) is 3. The van der Waals surface area contributed by atoms with Crippen molar-refractivity contribution in [3.63, 3.8) is 0 Å². The van der Waals surface area contributed by atoms with Gasteiger partial charge in [0.05, 0.1) is 4.90 Å². The average Bonchev–Trinajstić information content (AvgIpc) is 3.05. The van der Waals surface area contributed by atoms with E-state index in [1.54, 1.807) is 12.1 Å². The van der Waals surface area contributed by atoms with Gasteiger partial charge in [0.2, 0.25) is 15.9 Å². The third-order valence-electron chi connectivity index (χ3n) is 4.26. The lowest BCUT2D eigenvalue weighted by Crippen LogP contribution is -2.46. The van der Waals surface area contributed by atoms with Gasteiger partial charge in [-0.2, -0.15) is 4.31 Å². The third-order valence-corrected chi connectivity index (χ3v) is 6.43. The summed E-state index contributed by atoms with van der Waals surface area (Å²) in [6.45, 7) is 3.11. The topological polar surface area (TPSA) is 66.5 Å². The zero-order chi connectivity index (χ0) is 17.6. The van der Waals surface area contributed by atoms with E-state index in [0.29, 0.717) is 31.0 Å². The van der Waals surface area contributed by atoms with E-state index in [1.165, 1.54) is 16.4 Å². The molecule has 0 aliphatic carbocycles. The monoisotopic (exact) mass is 372 g/mol. The SMILES string of the molecule is CCCCCCNC(=O)[C@@H]1CCCN1S(=O)(=O)c1ccc(Cl)cc1. The Balaban J connectivity index is 2.01. The minimum Gasteiger partial charge on any atom is -0.355 e. The van der Waals surface area contributed by atoms with Gasteiger partial charge in [-0.25, -0.2) is 8.42 Å². The van der Waals surface area contributed by atoms with Crippen molar-refractivity contribution < 1.29 is 13.2 Å². The highest BCUT2D eigenvalue weighted by Gasteiger charge is 2.39. The molecule has 5 nitrogen and oxygen atoms in total. The first-order valence-electron chi connectivity index (χ1n) is 8.52. The molecule has 1 aromatic rings. The second kappa shape index (κ2) is 8.83. The van der Waals surface area contributed by atoms with Gasteiger partial charge in [-0.15, -0.1) is 0 Å². The van der Waals surface area contributed by atoms with E-state index in [0.717, 1.165) is 25.7 Å². The Kier molecular flexibility index (Phi) is 7.07. The van der Waals surface area contributed by atoms with Crippen LogP contribution in [0, 0.1) is 0 Å². The Morgan fingerprint density at radius 3 is 2.62 bits per heavy atom. The molecule has 134 valence electrons. The van der Waals surface area contributed by atoms with E-state index in [-0.39, 0.29) is 10.8 Å². The Morgan fingerprint density at radius 1 is 1.25 bits per heavy atom. The van der Waals surface area contributed by atoms with Crippen LogP contribution in [0.15, 0.2) is 29.2 Å². The van der Waals surface area contributed by atoms with Crippen LogP contribution >= 0.6 is 11.6 Å². The lowest BCUT2D eigenvalue weighted by molar-refractivity contribution is -0.124. The van der Waals surface area contributed by atoms with Crippen molar-refractivity contribution in [2.24, 2.45) is 0 Å². The molecule has 2 rings (SSSR count). The maximum atomic E-state index is 12.8. The Bertz CT molecular complexity index is 646. The number of halogens is 1. The number of amides is 1. The van der Waals surface area contributed by atoms with E-state index in [1.807, 2.05) is 0 Å². The van der Waals surface area contributed by atoms with Gasteiger partial charge in [0, 0.05) is 18.1 Å². The van der Waals surface area contributed by atoms with Gasteiger partial charge in [-0.1, -0.05) is 37.8 Å². The van der Waals surface area contributed by atoms with E-state index >= 15 is 0 Å². The fourth-order valence-electron chi connectivity index (χ4n) is 2.91. The second-order valence-electron chi connectivity index (χ2n) is 6.08. The lowest BCUT2D eigenvalue weighted by atomic mass is 10.2. The summed E-state index contributed by atoms with van der Waals surface area (Å²) in [5.41, 5.74) is 0. The highest BCUT2D eigenvalue weighted by atomic mass is 35.5. The predicted molar refractivity (Wildman–Crippen MR) is 95.5 cm³/mol. The molecule has 1 saturated heterocycles. The van der Waals surface area contributed by atoms with Gasteiger partial charge in [-0.3, -0.25) is 4.79 Å². The molecule has 1 aliphatic rings. The van der Waals surface area contributed by atoms with Gasteiger partial charge < -0.3 is 5.32 Å². The molecular formula is C17H25ClN2O3S. The van der Waals surface area contributed by atoms with Crippen LogP contribution in [0.25, 0.3) is 0 Å². The number of hydrogen-bond donors (Lipinski definition) is 1. The number of rotatable bonds is 8. The number of nitrogens with zero attached hydrogens (tertiary/aromatic N) is 1. The number of sulfonamides is 1. The standard InChI is InChI=1S/C17H25ClN2O3S/c1-2-3-4-5-12-19-17(21)16-7-6-13-20(16)24(22,23)15-10-8-14(18)9-11-15/h8-11,16H,2-7,12-13H2,1H3,(H,19,21)/t16-/m0/s1. The van der Waals surface area contributed by atoms with Crippen molar-refractivity contribution in [2.75, 3.05) is 13.1 Å². The van der Waals surface area contributed by atoms with Crippen LogP contribution in [-0.4, -0.2) is 37.8 Å². The Labute approximate surface area is 149 Å². The number of hydrogen-bond acceptors (Lipinski definition) is 3. The summed E-state index contributed by atoms with van der Waals surface area (Å²) in [5.74, 6) is -0.193. The number of benzene rings is 1. The summed E-state index contributed by atoms with van der Waals surface area (Å²) in [4.78, 5) is 12.6. The lowest BCUT2D eigenvalue weighted by Gasteiger charge is -2.23. The summed E-state index contributed by atoms with van der Waals surface area (Å²) >= 11 is 5.82. The quantitative estimate of drug-likeness (QED) is 0.712. The van der Waals surface area contributed by atoms with Gasteiger partial charge in [0.1, 0.15) is 6.04 Å². The van der Waals surface area contributed by atoms with Crippen molar-refractivity contribution in [3.05, 3.63) is 29.3 Å². The van der Waals surface area contributed by atoms with Crippen LogP contribution in [-0.2, 0) is 14.8 Å². The number of carbonyl (C=O) groups is 1. The maximum Gasteiger partial charge on any atom is 0.243 e. The molecular weight excluding hydrogens is 348 g/mol. The van der Waals surface area contributed by atoms with Crippen LogP contribution < -0.4 is 5.32 Å². The minimum atomic E-state index is -3.68. The van der Waals surface area contributed by atoms with Crippen molar-refractivity contribution in [2.45, 2.75) is 56.4 Å². The molecule has 1 aromatic carbocycles. The first-order chi connectivity index (χ1) is 11.5. The molecule has 7 heteroatoms.